The first-order valence-corrected chi connectivity index (χ1v) is 10.2. The van der Waals surface area contributed by atoms with Crippen LogP contribution >= 0.6 is 0 Å². The lowest BCUT2D eigenvalue weighted by Gasteiger charge is -2.12. The van der Waals surface area contributed by atoms with Crippen LogP contribution in [0.25, 0.3) is 0 Å². The minimum Gasteiger partial charge on any atom is -0.462 e. The van der Waals surface area contributed by atoms with Crippen molar-refractivity contribution in [2.75, 3.05) is 30.4 Å². The van der Waals surface area contributed by atoms with Crippen molar-refractivity contribution in [1.82, 2.24) is 10.3 Å². The second-order valence-corrected chi connectivity index (χ2v) is 7.05. The third-order valence-corrected chi connectivity index (χ3v) is 4.73. The lowest BCUT2D eigenvalue weighted by atomic mass is 10.2. The van der Waals surface area contributed by atoms with Crippen molar-refractivity contribution in [2.45, 2.75) is 32.8 Å². The van der Waals surface area contributed by atoms with Crippen LogP contribution in [0.1, 0.15) is 46.3 Å². The summed E-state index contributed by atoms with van der Waals surface area (Å²) in [6, 6.07) is 9.41. The van der Waals surface area contributed by atoms with Gasteiger partial charge in [0.1, 0.15) is 5.69 Å². The number of anilines is 2. The maximum Gasteiger partial charge on any atom is 0.339 e. The Hall–Kier alpha value is -3.46. The van der Waals surface area contributed by atoms with Gasteiger partial charge in [-0.15, -0.1) is 0 Å². The topological polar surface area (TPSA) is 119 Å². The molecule has 1 aromatic heterocycles. The molecule has 164 valence electrons. The number of benzene rings is 1. The molecular formula is C22H26N4O5. The van der Waals surface area contributed by atoms with Gasteiger partial charge >= 0.3 is 12.0 Å². The van der Waals surface area contributed by atoms with E-state index in [-0.39, 0.29) is 24.4 Å². The predicted molar refractivity (Wildman–Crippen MR) is 115 cm³/mol. The number of rotatable bonds is 7. The Kier molecular flexibility index (Phi) is 7.55. The first-order valence-electron chi connectivity index (χ1n) is 10.2. The molecule has 31 heavy (non-hydrogen) atoms. The lowest BCUT2D eigenvalue weighted by molar-refractivity contribution is 0.0524. The Bertz CT molecular complexity index is 939. The van der Waals surface area contributed by atoms with Gasteiger partial charge < -0.3 is 25.4 Å². The summed E-state index contributed by atoms with van der Waals surface area (Å²) in [6.07, 6.45) is 2.05. The molecule has 3 N–H and O–H groups in total. The zero-order valence-corrected chi connectivity index (χ0v) is 17.6. The lowest BCUT2D eigenvalue weighted by Crippen LogP contribution is -2.35. The van der Waals surface area contributed by atoms with E-state index >= 15 is 0 Å². The average Bonchev–Trinajstić information content (AvgIpc) is 3.27. The van der Waals surface area contributed by atoms with Crippen molar-refractivity contribution >= 4 is 29.3 Å². The molecule has 2 aromatic rings. The highest BCUT2D eigenvalue weighted by molar-refractivity contribution is 6.03. The standard InChI is InChI=1S/C22H26N4O5/c1-3-30-21(28)18-10-11-19(24-14(18)2)20(27)25-15-6-8-16(9-7-15)26-22(29)23-13-17-5-4-12-31-17/h6-11,17H,3-5,12-13H2,1-2H3,(H,25,27)(H2,23,26,29). The second-order valence-electron chi connectivity index (χ2n) is 7.05. The third-order valence-electron chi connectivity index (χ3n) is 4.73. The van der Waals surface area contributed by atoms with Crippen molar-refractivity contribution in [3.05, 3.63) is 53.3 Å². The molecule has 2 heterocycles. The van der Waals surface area contributed by atoms with Gasteiger partial charge in [-0.3, -0.25) is 4.79 Å². The SMILES string of the molecule is CCOC(=O)c1ccc(C(=O)Nc2ccc(NC(=O)NCC3CCCO3)cc2)nc1C. The van der Waals surface area contributed by atoms with Crippen LogP contribution in [0.2, 0.25) is 0 Å². The van der Waals surface area contributed by atoms with E-state index in [1.54, 1.807) is 38.1 Å². The molecule has 0 radical (unpaired) electrons. The van der Waals surface area contributed by atoms with Crippen molar-refractivity contribution < 1.29 is 23.9 Å². The molecule has 1 saturated heterocycles. The number of carbonyl (C=O) groups excluding carboxylic acids is 3. The smallest absolute Gasteiger partial charge is 0.339 e. The van der Waals surface area contributed by atoms with E-state index in [4.69, 9.17) is 9.47 Å². The normalized spacial score (nSPS) is 15.2. The number of hydrogen-bond donors (Lipinski definition) is 3. The van der Waals surface area contributed by atoms with Crippen LogP contribution < -0.4 is 16.0 Å². The Morgan fingerprint density at radius 2 is 1.81 bits per heavy atom. The van der Waals surface area contributed by atoms with Gasteiger partial charge in [0.05, 0.1) is 24.0 Å². The minimum atomic E-state index is -0.470. The quantitative estimate of drug-likeness (QED) is 0.586. The van der Waals surface area contributed by atoms with Crippen LogP contribution in [0.4, 0.5) is 16.2 Å². The summed E-state index contributed by atoms with van der Waals surface area (Å²) < 4.78 is 10.4. The van der Waals surface area contributed by atoms with Gasteiger partial charge in [0, 0.05) is 24.5 Å². The summed E-state index contributed by atoms with van der Waals surface area (Å²) >= 11 is 0. The maximum atomic E-state index is 12.5. The molecule has 0 spiro atoms. The van der Waals surface area contributed by atoms with Crippen LogP contribution in [0.5, 0.6) is 0 Å². The molecule has 3 rings (SSSR count). The second kappa shape index (κ2) is 10.5. The van der Waals surface area contributed by atoms with E-state index in [9.17, 15) is 14.4 Å². The number of esters is 1. The molecule has 1 unspecified atom stereocenters. The molecule has 1 aliphatic heterocycles. The molecule has 9 heteroatoms. The van der Waals surface area contributed by atoms with Crippen LogP contribution in [0.3, 0.4) is 0 Å². The molecule has 0 aliphatic carbocycles. The highest BCUT2D eigenvalue weighted by Crippen LogP contribution is 2.16. The number of urea groups is 1. The number of hydrogen-bond acceptors (Lipinski definition) is 6. The van der Waals surface area contributed by atoms with Gasteiger partial charge in [-0.25, -0.2) is 14.6 Å². The van der Waals surface area contributed by atoms with Gasteiger partial charge in [-0.1, -0.05) is 0 Å². The molecule has 1 atom stereocenters. The number of nitrogens with zero attached hydrogens (tertiary/aromatic N) is 1. The Labute approximate surface area is 180 Å². The van der Waals surface area contributed by atoms with Crippen molar-refractivity contribution in [3.63, 3.8) is 0 Å². The van der Waals surface area contributed by atoms with Crippen molar-refractivity contribution in [3.8, 4) is 0 Å². The fourth-order valence-electron chi connectivity index (χ4n) is 3.13. The first kappa shape index (κ1) is 22.2. The zero-order valence-electron chi connectivity index (χ0n) is 17.6. The number of pyridine rings is 1. The van der Waals surface area contributed by atoms with E-state index in [2.05, 4.69) is 20.9 Å². The fourth-order valence-corrected chi connectivity index (χ4v) is 3.13. The molecule has 9 nitrogen and oxygen atoms in total. The summed E-state index contributed by atoms with van der Waals surface area (Å²) in [5.41, 5.74) is 2.06. The minimum absolute atomic E-state index is 0.0759. The number of amides is 3. The predicted octanol–water partition coefficient (Wildman–Crippen LogP) is 3.12. The third kappa shape index (κ3) is 6.26. The molecule has 3 amide bonds. The molecular weight excluding hydrogens is 400 g/mol. The zero-order chi connectivity index (χ0) is 22.2. The van der Waals surface area contributed by atoms with Crippen molar-refractivity contribution in [2.24, 2.45) is 0 Å². The number of carbonyl (C=O) groups is 3. The molecule has 1 aromatic carbocycles. The summed E-state index contributed by atoms with van der Waals surface area (Å²) in [7, 11) is 0. The van der Waals surface area contributed by atoms with E-state index in [1.807, 2.05) is 0 Å². The van der Waals surface area contributed by atoms with Crippen molar-refractivity contribution in [1.29, 1.82) is 0 Å². The maximum absolute atomic E-state index is 12.5. The monoisotopic (exact) mass is 426 g/mol. The molecule has 0 saturated carbocycles. The van der Waals surface area contributed by atoms with Gasteiger partial charge in [-0.2, -0.15) is 0 Å². The van der Waals surface area contributed by atoms with Crippen LogP contribution in [-0.4, -0.2) is 48.8 Å². The van der Waals surface area contributed by atoms with E-state index in [0.29, 0.717) is 29.2 Å². The first-order chi connectivity index (χ1) is 15.0. The number of aromatic nitrogens is 1. The highest BCUT2D eigenvalue weighted by atomic mass is 16.5. The Balaban J connectivity index is 1.53. The number of nitrogens with one attached hydrogen (secondary N) is 3. The van der Waals surface area contributed by atoms with Gasteiger partial charge in [0.15, 0.2) is 0 Å². The van der Waals surface area contributed by atoms with E-state index in [0.717, 1.165) is 19.4 Å². The van der Waals surface area contributed by atoms with E-state index in [1.165, 1.54) is 12.1 Å². The van der Waals surface area contributed by atoms with Crippen LogP contribution in [0, 0.1) is 6.92 Å². The Morgan fingerprint density at radius 3 is 2.42 bits per heavy atom. The summed E-state index contributed by atoms with van der Waals surface area (Å²) in [6.45, 7) is 4.85. The molecule has 1 aliphatic rings. The van der Waals surface area contributed by atoms with Gasteiger partial charge in [0.25, 0.3) is 5.91 Å². The Morgan fingerprint density at radius 1 is 1.10 bits per heavy atom. The summed E-state index contributed by atoms with van der Waals surface area (Å²) in [5, 5.41) is 8.26. The van der Waals surface area contributed by atoms with Gasteiger partial charge in [0.2, 0.25) is 0 Å². The average molecular weight is 426 g/mol. The summed E-state index contributed by atoms with van der Waals surface area (Å²) in [4.78, 5) is 40.5. The highest BCUT2D eigenvalue weighted by Gasteiger charge is 2.17. The molecule has 1 fully saturated rings. The van der Waals surface area contributed by atoms with Crippen LogP contribution in [-0.2, 0) is 9.47 Å². The van der Waals surface area contributed by atoms with Crippen LogP contribution in [0.15, 0.2) is 36.4 Å². The number of ether oxygens (including phenoxy) is 2. The molecule has 0 bridgehead atoms. The number of aryl methyl sites for hydroxylation is 1. The van der Waals surface area contributed by atoms with E-state index < -0.39 is 11.9 Å². The fraction of sp³-hybridized carbons (Fsp3) is 0.364. The van der Waals surface area contributed by atoms with Gasteiger partial charge in [-0.05, 0) is 63.1 Å². The summed E-state index contributed by atoms with van der Waals surface area (Å²) in [5.74, 6) is -0.879. The largest absolute Gasteiger partial charge is 0.462 e.